The molecule has 0 radical (unpaired) electrons. The minimum Gasteiger partial charge on any atom is -0.493 e. The van der Waals surface area contributed by atoms with Crippen LogP contribution in [0.25, 0.3) is 5.57 Å². The maximum absolute atomic E-state index is 11.9. The highest BCUT2D eigenvalue weighted by atomic mass is 16.5. The van der Waals surface area contributed by atoms with Crippen LogP contribution in [0.15, 0.2) is 17.7 Å². The van der Waals surface area contributed by atoms with E-state index in [1.165, 1.54) is 0 Å². The van der Waals surface area contributed by atoms with E-state index in [-0.39, 0.29) is 12.2 Å². The summed E-state index contributed by atoms with van der Waals surface area (Å²) in [5.41, 5.74) is 2.61. The molecule has 0 saturated carbocycles. The van der Waals surface area contributed by atoms with Crippen molar-refractivity contribution < 1.29 is 19.0 Å². The van der Waals surface area contributed by atoms with E-state index >= 15 is 0 Å². The lowest BCUT2D eigenvalue weighted by molar-refractivity contribution is -0.137. The highest BCUT2D eigenvalue weighted by molar-refractivity contribution is 6.03. The van der Waals surface area contributed by atoms with Gasteiger partial charge in [0.1, 0.15) is 11.6 Å². The van der Waals surface area contributed by atoms with Gasteiger partial charge in [-0.1, -0.05) is 6.07 Å². The van der Waals surface area contributed by atoms with Gasteiger partial charge in [0.25, 0.3) is 0 Å². The van der Waals surface area contributed by atoms with E-state index in [0.717, 1.165) is 11.1 Å². The second kappa shape index (κ2) is 6.31. The summed E-state index contributed by atoms with van der Waals surface area (Å²) in [5, 5.41) is 9.27. The summed E-state index contributed by atoms with van der Waals surface area (Å²) in [6.45, 7) is 1.96. The first kappa shape index (κ1) is 14.9. The molecular formula is C16H17NO4. The number of carbonyl (C=O) groups excluding carboxylic acids is 1. The Bertz CT molecular complexity index is 640. The number of allylic oxidation sites excluding steroid dienone is 1. The minimum atomic E-state index is -0.572. The Morgan fingerprint density at radius 2 is 2.05 bits per heavy atom. The summed E-state index contributed by atoms with van der Waals surface area (Å²) in [6.07, 6.45) is 1.32. The molecule has 2 rings (SSSR count). The van der Waals surface area contributed by atoms with E-state index in [2.05, 4.69) is 0 Å². The van der Waals surface area contributed by atoms with Crippen LogP contribution < -0.4 is 9.47 Å². The third-order valence-corrected chi connectivity index (χ3v) is 3.49. The van der Waals surface area contributed by atoms with Crippen molar-refractivity contribution >= 4 is 11.5 Å². The number of methoxy groups -OCH3 is 2. The normalized spacial score (nSPS) is 15.0. The molecule has 0 spiro atoms. The van der Waals surface area contributed by atoms with Crippen molar-refractivity contribution in [1.29, 1.82) is 5.26 Å². The molecule has 0 N–H and O–H groups in total. The van der Waals surface area contributed by atoms with Crippen molar-refractivity contribution in [3.63, 3.8) is 0 Å². The number of benzene rings is 1. The van der Waals surface area contributed by atoms with Gasteiger partial charge in [0.05, 0.1) is 20.8 Å². The van der Waals surface area contributed by atoms with Gasteiger partial charge < -0.3 is 14.2 Å². The van der Waals surface area contributed by atoms with E-state index in [1.807, 2.05) is 12.1 Å². The van der Waals surface area contributed by atoms with Gasteiger partial charge in [-0.15, -0.1) is 0 Å². The first-order chi connectivity index (χ1) is 10.2. The lowest BCUT2D eigenvalue weighted by Crippen LogP contribution is -2.08. The van der Waals surface area contributed by atoms with Crippen molar-refractivity contribution in [2.75, 3.05) is 20.8 Å². The van der Waals surface area contributed by atoms with Crippen LogP contribution in [0.2, 0.25) is 0 Å². The smallest absolute Gasteiger partial charge is 0.349 e. The van der Waals surface area contributed by atoms with Crippen molar-refractivity contribution in [2.45, 2.75) is 19.8 Å². The predicted molar refractivity (Wildman–Crippen MR) is 77.0 cm³/mol. The number of nitriles is 1. The quantitative estimate of drug-likeness (QED) is 0.483. The first-order valence-corrected chi connectivity index (χ1v) is 6.72. The molecule has 1 aromatic rings. The average Bonchev–Trinajstić information content (AvgIpc) is 2.91. The predicted octanol–water partition coefficient (Wildman–Crippen LogP) is 2.49. The molecule has 21 heavy (non-hydrogen) atoms. The molecule has 0 atom stereocenters. The van der Waals surface area contributed by atoms with Crippen molar-refractivity contribution in [3.05, 3.63) is 28.8 Å². The molecule has 0 fully saturated rings. The van der Waals surface area contributed by atoms with E-state index in [4.69, 9.17) is 14.2 Å². The Kier molecular flexibility index (Phi) is 4.49. The zero-order valence-corrected chi connectivity index (χ0v) is 12.4. The lowest BCUT2D eigenvalue weighted by atomic mass is 10.0. The van der Waals surface area contributed by atoms with E-state index in [0.29, 0.717) is 29.9 Å². The van der Waals surface area contributed by atoms with Crippen LogP contribution in [-0.4, -0.2) is 26.8 Å². The van der Waals surface area contributed by atoms with Crippen LogP contribution in [0.4, 0.5) is 0 Å². The van der Waals surface area contributed by atoms with Gasteiger partial charge in [-0.05, 0) is 37.0 Å². The highest BCUT2D eigenvalue weighted by Crippen LogP contribution is 2.43. The third-order valence-electron chi connectivity index (χ3n) is 3.49. The fourth-order valence-electron chi connectivity index (χ4n) is 2.61. The Hall–Kier alpha value is -2.48. The highest BCUT2D eigenvalue weighted by Gasteiger charge is 2.28. The van der Waals surface area contributed by atoms with Crippen LogP contribution in [0.1, 0.15) is 24.5 Å². The van der Waals surface area contributed by atoms with E-state index in [9.17, 15) is 10.1 Å². The maximum Gasteiger partial charge on any atom is 0.349 e. The summed E-state index contributed by atoms with van der Waals surface area (Å²) in [7, 11) is 3.16. The maximum atomic E-state index is 11.9. The summed E-state index contributed by atoms with van der Waals surface area (Å²) >= 11 is 0. The standard InChI is InChI=1S/C16H17NO4/c1-4-21-16(18)13(9-17)11-5-6-12-10(11)7-8-14(19-2)15(12)20-3/h7-8H,4-6H2,1-3H3/b13-11-. The number of fused-ring (bicyclic) bond motifs is 1. The first-order valence-electron chi connectivity index (χ1n) is 6.72. The van der Waals surface area contributed by atoms with Crippen LogP contribution in [0.5, 0.6) is 11.5 Å². The molecule has 1 aromatic carbocycles. The number of hydrogen-bond donors (Lipinski definition) is 0. The van der Waals surface area contributed by atoms with E-state index in [1.54, 1.807) is 27.2 Å². The molecule has 1 aliphatic rings. The zero-order valence-electron chi connectivity index (χ0n) is 12.4. The Morgan fingerprint density at radius 3 is 2.62 bits per heavy atom. The monoisotopic (exact) mass is 287 g/mol. The van der Waals surface area contributed by atoms with Crippen LogP contribution in [0, 0.1) is 11.3 Å². The van der Waals surface area contributed by atoms with Gasteiger partial charge >= 0.3 is 5.97 Å². The molecule has 5 heteroatoms. The van der Waals surface area contributed by atoms with Crippen LogP contribution in [0.3, 0.4) is 0 Å². The number of esters is 1. The molecule has 0 unspecified atom stereocenters. The summed E-state index contributed by atoms with van der Waals surface area (Å²) in [5.74, 6) is 0.732. The molecule has 1 aliphatic carbocycles. The van der Waals surface area contributed by atoms with Crippen LogP contribution in [-0.2, 0) is 16.0 Å². The van der Waals surface area contributed by atoms with Gasteiger partial charge in [-0.3, -0.25) is 0 Å². The van der Waals surface area contributed by atoms with Crippen LogP contribution >= 0.6 is 0 Å². The van der Waals surface area contributed by atoms with Gasteiger partial charge in [0.15, 0.2) is 11.5 Å². The largest absolute Gasteiger partial charge is 0.493 e. The molecule has 0 saturated heterocycles. The Morgan fingerprint density at radius 1 is 1.29 bits per heavy atom. The summed E-state index contributed by atoms with van der Waals surface area (Å²) < 4.78 is 15.6. The zero-order chi connectivity index (χ0) is 15.4. The van der Waals surface area contributed by atoms with Crippen molar-refractivity contribution in [1.82, 2.24) is 0 Å². The molecule has 5 nitrogen and oxygen atoms in total. The topological polar surface area (TPSA) is 68.6 Å². The fraction of sp³-hybridized carbons (Fsp3) is 0.375. The van der Waals surface area contributed by atoms with E-state index < -0.39 is 5.97 Å². The number of ether oxygens (including phenoxy) is 3. The minimum absolute atomic E-state index is 0.0721. The molecule has 0 bridgehead atoms. The van der Waals surface area contributed by atoms with Crippen molar-refractivity contribution in [3.8, 4) is 17.6 Å². The number of rotatable bonds is 4. The molecule has 0 aromatic heterocycles. The molecular weight excluding hydrogens is 270 g/mol. The Labute approximate surface area is 123 Å². The average molecular weight is 287 g/mol. The summed E-state index contributed by atoms with van der Waals surface area (Å²) in [6, 6.07) is 5.61. The lowest BCUT2D eigenvalue weighted by Gasteiger charge is -2.12. The Balaban J connectivity index is 2.56. The number of hydrogen-bond acceptors (Lipinski definition) is 5. The van der Waals surface area contributed by atoms with Gasteiger partial charge in [0, 0.05) is 5.56 Å². The van der Waals surface area contributed by atoms with Gasteiger partial charge in [-0.25, -0.2) is 4.79 Å². The number of carbonyl (C=O) groups is 1. The van der Waals surface area contributed by atoms with Crippen molar-refractivity contribution in [2.24, 2.45) is 0 Å². The third kappa shape index (κ3) is 2.57. The fourth-order valence-corrected chi connectivity index (χ4v) is 2.61. The second-order valence-electron chi connectivity index (χ2n) is 4.51. The number of nitrogens with zero attached hydrogens (tertiary/aromatic N) is 1. The van der Waals surface area contributed by atoms with Gasteiger partial charge in [0.2, 0.25) is 0 Å². The SMILES string of the molecule is CCOC(=O)/C(C#N)=C1/CCc2c1ccc(OC)c2OC. The molecule has 0 amide bonds. The van der Waals surface area contributed by atoms with Gasteiger partial charge in [-0.2, -0.15) is 5.26 Å². The molecule has 0 aliphatic heterocycles. The summed E-state index contributed by atoms with van der Waals surface area (Å²) in [4.78, 5) is 11.9. The molecule has 0 heterocycles. The second-order valence-corrected chi connectivity index (χ2v) is 4.51. The molecule has 110 valence electrons.